The Morgan fingerprint density at radius 2 is 1.67 bits per heavy atom. The van der Waals surface area contributed by atoms with Gasteiger partial charge in [0.05, 0.1) is 6.54 Å². The zero-order valence-electron chi connectivity index (χ0n) is 13.1. The normalized spacial score (nSPS) is 15.3. The number of nitrogens with zero attached hydrogens (tertiary/aromatic N) is 1. The molecule has 0 spiro atoms. The summed E-state index contributed by atoms with van der Waals surface area (Å²) in [6.45, 7) is 6.64. The molecule has 1 fully saturated rings. The minimum Gasteiger partial charge on any atom is -0.425 e. The number of esters is 1. The molecular formula is C17H26ClNO2. The molecule has 0 aliphatic carbocycles. The second-order valence-electron chi connectivity index (χ2n) is 5.42. The van der Waals surface area contributed by atoms with Crippen LogP contribution in [0, 0.1) is 0 Å². The Bertz CT molecular complexity index is 434. The van der Waals surface area contributed by atoms with Gasteiger partial charge in [0, 0.05) is 0 Å². The fraction of sp³-hybridized carbons (Fsp3) is 0.588. The van der Waals surface area contributed by atoms with Crippen LogP contribution in [0.2, 0.25) is 0 Å². The molecule has 0 bridgehead atoms. The zero-order valence-corrected chi connectivity index (χ0v) is 13.9. The first kappa shape index (κ1) is 18.0. The van der Waals surface area contributed by atoms with Crippen LogP contribution < -0.4 is 4.74 Å². The topological polar surface area (TPSA) is 29.5 Å². The van der Waals surface area contributed by atoms with E-state index in [0.717, 1.165) is 42.8 Å². The molecule has 1 saturated heterocycles. The highest BCUT2D eigenvalue weighted by Gasteiger charge is 2.17. The van der Waals surface area contributed by atoms with E-state index in [9.17, 15) is 4.79 Å². The lowest BCUT2D eigenvalue weighted by Gasteiger charge is -2.25. The van der Waals surface area contributed by atoms with Crippen molar-refractivity contribution in [3.8, 4) is 5.75 Å². The molecule has 21 heavy (non-hydrogen) atoms. The largest absolute Gasteiger partial charge is 0.425 e. The third-order valence-corrected chi connectivity index (χ3v) is 3.96. The Morgan fingerprint density at radius 3 is 2.19 bits per heavy atom. The first-order chi connectivity index (χ1) is 9.74. The second-order valence-corrected chi connectivity index (χ2v) is 5.42. The van der Waals surface area contributed by atoms with E-state index in [1.807, 2.05) is 18.2 Å². The summed E-state index contributed by atoms with van der Waals surface area (Å²) in [5.41, 5.74) is 2.24. The van der Waals surface area contributed by atoms with Crippen LogP contribution in [0.3, 0.4) is 0 Å². The minimum atomic E-state index is -0.123. The fourth-order valence-corrected chi connectivity index (χ4v) is 2.77. The van der Waals surface area contributed by atoms with E-state index in [0.29, 0.717) is 6.54 Å². The molecule has 1 aromatic rings. The molecule has 0 amide bonds. The average Bonchev–Trinajstić information content (AvgIpc) is 2.48. The third kappa shape index (κ3) is 5.01. The van der Waals surface area contributed by atoms with Gasteiger partial charge in [0.25, 0.3) is 0 Å². The predicted octanol–water partition coefficient (Wildman–Crippen LogP) is 3.62. The average molecular weight is 312 g/mol. The molecule has 3 nitrogen and oxygen atoms in total. The molecule has 0 N–H and O–H groups in total. The van der Waals surface area contributed by atoms with E-state index in [1.165, 1.54) is 19.3 Å². The number of ether oxygens (including phenoxy) is 1. The molecule has 1 aliphatic rings. The van der Waals surface area contributed by atoms with Crippen LogP contribution in [0.15, 0.2) is 18.2 Å². The van der Waals surface area contributed by atoms with Crippen molar-refractivity contribution < 1.29 is 9.53 Å². The molecule has 0 saturated carbocycles. The number of piperidine rings is 1. The van der Waals surface area contributed by atoms with Crippen molar-refractivity contribution >= 4 is 18.4 Å². The Hall–Kier alpha value is -1.06. The van der Waals surface area contributed by atoms with Crippen LogP contribution in [-0.2, 0) is 17.6 Å². The third-order valence-electron chi connectivity index (χ3n) is 3.96. The molecule has 0 unspecified atom stereocenters. The van der Waals surface area contributed by atoms with Gasteiger partial charge < -0.3 is 4.74 Å². The lowest BCUT2D eigenvalue weighted by molar-refractivity contribution is -0.136. The number of aryl methyl sites for hydroxylation is 2. The summed E-state index contributed by atoms with van der Waals surface area (Å²) in [7, 11) is 0. The number of benzene rings is 1. The minimum absolute atomic E-state index is 0. The van der Waals surface area contributed by atoms with Gasteiger partial charge in [-0.05, 0) is 49.9 Å². The Morgan fingerprint density at radius 1 is 1.10 bits per heavy atom. The zero-order chi connectivity index (χ0) is 14.4. The van der Waals surface area contributed by atoms with Crippen LogP contribution in [0.5, 0.6) is 5.75 Å². The predicted molar refractivity (Wildman–Crippen MR) is 88.4 cm³/mol. The molecule has 1 aromatic carbocycles. The molecule has 118 valence electrons. The maximum atomic E-state index is 12.2. The number of carbonyl (C=O) groups excluding carboxylic acids is 1. The summed E-state index contributed by atoms with van der Waals surface area (Å²) in [6, 6.07) is 6.13. The van der Waals surface area contributed by atoms with Gasteiger partial charge in [0.15, 0.2) is 0 Å². The molecule has 1 aliphatic heterocycles. The van der Waals surface area contributed by atoms with E-state index in [1.54, 1.807) is 0 Å². The van der Waals surface area contributed by atoms with Gasteiger partial charge in [-0.15, -0.1) is 12.4 Å². The van der Waals surface area contributed by atoms with Crippen molar-refractivity contribution in [2.45, 2.75) is 46.0 Å². The van der Waals surface area contributed by atoms with Crippen LogP contribution in [-0.4, -0.2) is 30.5 Å². The van der Waals surface area contributed by atoms with Crippen LogP contribution in [0.4, 0.5) is 0 Å². The Balaban J connectivity index is 0.00000220. The van der Waals surface area contributed by atoms with Crippen molar-refractivity contribution in [1.29, 1.82) is 0 Å². The fourth-order valence-electron chi connectivity index (χ4n) is 2.77. The number of likely N-dealkylation sites (tertiary alicyclic amines) is 1. The van der Waals surface area contributed by atoms with Gasteiger partial charge in [-0.3, -0.25) is 9.69 Å². The van der Waals surface area contributed by atoms with E-state index in [2.05, 4.69) is 18.7 Å². The van der Waals surface area contributed by atoms with Gasteiger partial charge in [-0.1, -0.05) is 38.5 Å². The number of para-hydroxylation sites is 1. The van der Waals surface area contributed by atoms with Gasteiger partial charge in [0.1, 0.15) is 5.75 Å². The van der Waals surface area contributed by atoms with E-state index in [4.69, 9.17) is 4.74 Å². The molecular weight excluding hydrogens is 286 g/mol. The highest BCUT2D eigenvalue weighted by molar-refractivity contribution is 5.85. The van der Waals surface area contributed by atoms with Gasteiger partial charge in [-0.2, -0.15) is 0 Å². The van der Waals surface area contributed by atoms with Crippen molar-refractivity contribution in [3.05, 3.63) is 29.3 Å². The number of hydrogen-bond acceptors (Lipinski definition) is 3. The summed E-state index contributed by atoms with van der Waals surface area (Å²) in [6.07, 6.45) is 5.45. The number of halogens is 1. The van der Waals surface area contributed by atoms with E-state index in [-0.39, 0.29) is 18.4 Å². The molecule has 4 heteroatoms. The summed E-state index contributed by atoms with van der Waals surface area (Å²) < 4.78 is 5.68. The maximum Gasteiger partial charge on any atom is 0.325 e. The first-order valence-electron chi connectivity index (χ1n) is 7.78. The lowest BCUT2D eigenvalue weighted by Crippen LogP contribution is -2.36. The van der Waals surface area contributed by atoms with E-state index >= 15 is 0 Å². The van der Waals surface area contributed by atoms with Crippen molar-refractivity contribution in [3.63, 3.8) is 0 Å². The smallest absolute Gasteiger partial charge is 0.325 e. The molecule has 0 aromatic heterocycles. The quantitative estimate of drug-likeness (QED) is 0.614. The van der Waals surface area contributed by atoms with E-state index < -0.39 is 0 Å². The molecule has 0 atom stereocenters. The Kier molecular flexibility index (Phi) is 7.76. The molecule has 2 rings (SSSR count). The summed E-state index contributed by atoms with van der Waals surface area (Å²) in [4.78, 5) is 14.4. The van der Waals surface area contributed by atoms with Gasteiger partial charge in [-0.25, -0.2) is 0 Å². The van der Waals surface area contributed by atoms with Crippen LogP contribution >= 0.6 is 12.4 Å². The van der Waals surface area contributed by atoms with Gasteiger partial charge >= 0.3 is 5.97 Å². The summed E-state index contributed by atoms with van der Waals surface area (Å²) in [5, 5.41) is 0. The summed E-state index contributed by atoms with van der Waals surface area (Å²) >= 11 is 0. The second kappa shape index (κ2) is 9.06. The van der Waals surface area contributed by atoms with Crippen molar-refractivity contribution in [2.24, 2.45) is 0 Å². The standard InChI is InChI=1S/C17H25NO2.ClH/c1-3-14-9-8-10-15(4-2)17(14)20-16(19)13-18-11-6-5-7-12-18;/h8-10H,3-7,11-13H2,1-2H3;1H. The summed E-state index contributed by atoms with van der Waals surface area (Å²) in [5.74, 6) is 0.669. The lowest BCUT2D eigenvalue weighted by atomic mass is 10.0. The van der Waals surface area contributed by atoms with Gasteiger partial charge in [0.2, 0.25) is 0 Å². The SMILES string of the molecule is CCc1cccc(CC)c1OC(=O)CN1CCCCC1.Cl. The van der Waals surface area contributed by atoms with Crippen molar-refractivity contribution in [1.82, 2.24) is 4.90 Å². The van der Waals surface area contributed by atoms with Crippen molar-refractivity contribution in [2.75, 3.05) is 19.6 Å². The van der Waals surface area contributed by atoms with Crippen LogP contribution in [0.25, 0.3) is 0 Å². The van der Waals surface area contributed by atoms with Crippen LogP contribution in [0.1, 0.15) is 44.2 Å². The number of rotatable bonds is 5. The monoisotopic (exact) mass is 311 g/mol. The molecule has 0 radical (unpaired) electrons. The number of carbonyl (C=O) groups is 1. The highest BCUT2D eigenvalue weighted by Crippen LogP contribution is 2.25. The number of hydrogen-bond donors (Lipinski definition) is 0. The highest BCUT2D eigenvalue weighted by atomic mass is 35.5. The first-order valence-corrected chi connectivity index (χ1v) is 7.78. The Labute approximate surface area is 134 Å². The maximum absolute atomic E-state index is 12.2. The molecule has 1 heterocycles.